The molecule has 188 valence electrons. The molecule has 0 spiro atoms. The normalized spacial score (nSPS) is 14.9. The van der Waals surface area contributed by atoms with E-state index in [1.54, 1.807) is 26.0 Å². The molecule has 0 saturated carbocycles. The summed E-state index contributed by atoms with van der Waals surface area (Å²) in [7, 11) is -1.42. The van der Waals surface area contributed by atoms with Gasteiger partial charge in [0.2, 0.25) is 20.2 Å². The van der Waals surface area contributed by atoms with Gasteiger partial charge in [0, 0.05) is 31.8 Å². The second kappa shape index (κ2) is 10.3. The van der Waals surface area contributed by atoms with Crippen molar-refractivity contribution in [3.05, 3.63) is 59.1 Å². The quantitative estimate of drug-likeness (QED) is 0.319. The zero-order chi connectivity index (χ0) is 25.9. The van der Waals surface area contributed by atoms with Crippen molar-refractivity contribution in [1.82, 2.24) is 0 Å². The van der Waals surface area contributed by atoms with Crippen molar-refractivity contribution >= 4 is 43.2 Å². The van der Waals surface area contributed by atoms with E-state index in [-0.39, 0.29) is 0 Å². The lowest BCUT2D eigenvalue weighted by atomic mass is 10.1. The second-order valence-corrected chi connectivity index (χ2v) is 13.0. The van der Waals surface area contributed by atoms with E-state index in [0.29, 0.717) is 14.4 Å². The third-order valence-corrected chi connectivity index (χ3v) is 9.32. The molecule has 0 amide bonds. The predicted octanol–water partition coefficient (Wildman–Crippen LogP) is 3.26. The Morgan fingerprint density at radius 3 is 1.94 bits per heavy atom. The van der Waals surface area contributed by atoms with Gasteiger partial charge in [-0.1, -0.05) is 23.7 Å². The first kappa shape index (κ1) is 28.2. The van der Waals surface area contributed by atoms with Crippen LogP contribution >= 0.6 is 11.6 Å². The van der Waals surface area contributed by atoms with Crippen LogP contribution in [-0.4, -0.2) is 71.3 Å². The van der Waals surface area contributed by atoms with Gasteiger partial charge >= 0.3 is 0 Å². The molecule has 1 aliphatic rings. The van der Waals surface area contributed by atoms with Crippen LogP contribution in [0.4, 0.5) is 5.69 Å². The Kier molecular flexibility index (Phi) is 8.55. The van der Waals surface area contributed by atoms with Gasteiger partial charge in [0.15, 0.2) is 4.87 Å². The molecule has 1 heterocycles. The van der Waals surface area contributed by atoms with Crippen LogP contribution in [0.25, 0.3) is 0 Å². The number of hydrogen-bond acceptors (Lipinski definition) is 8. The van der Waals surface area contributed by atoms with E-state index in [1.165, 1.54) is 0 Å². The number of hydrazone groups is 1. The van der Waals surface area contributed by atoms with Gasteiger partial charge < -0.3 is 9.04 Å². The maximum atomic E-state index is 13.1. The number of benzene rings is 2. The molecule has 1 aliphatic heterocycles. The van der Waals surface area contributed by atoms with Crippen molar-refractivity contribution in [3.63, 3.8) is 0 Å². The van der Waals surface area contributed by atoms with E-state index >= 15 is 0 Å². The van der Waals surface area contributed by atoms with Crippen LogP contribution in [-0.2, 0) is 24.4 Å². The van der Waals surface area contributed by atoms with Gasteiger partial charge in [0.05, 0.1) is 44.5 Å². The highest BCUT2D eigenvalue weighted by molar-refractivity contribution is 7.92. The summed E-state index contributed by atoms with van der Waals surface area (Å²) < 4.78 is 57.6. The van der Waals surface area contributed by atoms with E-state index in [2.05, 4.69) is 4.18 Å². The minimum atomic E-state index is -4.41. The van der Waals surface area contributed by atoms with E-state index in [4.69, 9.17) is 16.7 Å². The summed E-state index contributed by atoms with van der Waals surface area (Å²) in [5, 5.41) is 7.30. The van der Waals surface area contributed by atoms with Crippen molar-refractivity contribution in [3.8, 4) is 0 Å². The first-order chi connectivity index (χ1) is 15.5. The number of sulfone groups is 1. The number of hydrogen-bond donors (Lipinski definition) is 0. The van der Waals surface area contributed by atoms with Crippen LogP contribution in [0.3, 0.4) is 0 Å². The molecule has 0 radical (unpaired) electrons. The molecule has 0 unspecified atom stereocenters. The van der Waals surface area contributed by atoms with Crippen molar-refractivity contribution in [2.24, 2.45) is 5.10 Å². The van der Waals surface area contributed by atoms with Gasteiger partial charge in [0.1, 0.15) is 0 Å². The van der Waals surface area contributed by atoms with Crippen LogP contribution in [0.1, 0.15) is 25.8 Å². The molecule has 0 N–H and O–H groups in total. The highest BCUT2D eigenvalue weighted by Gasteiger charge is 2.46. The van der Waals surface area contributed by atoms with E-state index in [9.17, 15) is 21.4 Å². The molecule has 9 nitrogen and oxygen atoms in total. The van der Waals surface area contributed by atoms with Crippen molar-refractivity contribution in [2.45, 2.75) is 30.0 Å². The highest BCUT2D eigenvalue weighted by atomic mass is 35.5. The van der Waals surface area contributed by atoms with Crippen molar-refractivity contribution in [1.29, 1.82) is 0 Å². The summed E-state index contributed by atoms with van der Waals surface area (Å²) in [6.07, 6.45) is 0.830. The minimum absolute atomic E-state index is 0.317. The van der Waals surface area contributed by atoms with E-state index in [1.807, 2.05) is 62.6 Å². The average Bonchev–Trinajstić information content (AvgIpc) is 3.23. The number of rotatable bonds is 6. The number of anilines is 1. The summed E-state index contributed by atoms with van der Waals surface area (Å²) in [6.45, 7) is 4.28. The number of quaternary nitrogens is 1. The summed E-state index contributed by atoms with van der Waals surface area (Å²) in [4.78, 5) is -0.613. The lowest BCUT2D eigenvalue weighted by molar-refractivity contribution is -0.903. The lowest BCUT2D eigenvalue weighted by Crippen LogP contribution is -2.57. The van der Waals surface area contributed by atoms with E-state index in [0.717, 1.165) is 37.0 Å². The van der Waals surface area contributed by atoms with Gasteiger partial charge in [-0.05, 0) is 42.0 Å². The van der Waals surface area contributed by atoms with Crippen LogP contribution in [0.15, 0.2) is 58.5 Å². The summed E-state index contributed by atoms with van der Waals surface area (Å²) in [6, 6.07) is 14.7. The van der Waals surface area contributed by atoms with Crippen LogP contribution in [0.2, 0.25) is 5.02 Å². The SMILES string of the molecule is CC(C)([N+](C)(C)C)S(=O)(=O)c1ccc(N2CCC(c3ccc(Cl)cc3)=N2)cc1.COS(=O)(=O)[O-]. The second-order valence-electron chi connectivity index (χ2n) is 8.96. The molecular weight excluding hydrogens is 502 g/mol. The fourth-order valence-corrected chi connectivity index (χ4v) is 4.85. The third kappa shape index (κ3) is 6.55. The molecule has 3 rings (SSSR count). The summed E-state index contributed by atoms with van der Waals surface area (Å²) in [5.74, 6) is 0. The molecule has 0 fully saturated rings. The largest absolute Gasteiger partial charge is 0.726 e. The first-order valence-electron chi connectivity index (χ1n) is 10.3. The molecule has 0 aliphatic carbocycles. The maximum Gasteiger partial charge on any atom is 0.233 e. The zero-order valence-electron chi connectivity index (χ0n) is 20.0. The Hall–Kier alpha value is -2.02. The van der Waals surface area contributed by atoms with Crippen molar-refractivity contribution < 1.29 is 30.1 Å². The van der Waals surface area contributed by atoms with Crippen molar-refractivity contribution in [2.75, 3.05) is 39.8 Å². The minimum Gasteiger partial charge on any atom is -0.726 e. The monoisotopic (exact) mass is 531 g/mol. The molecule has 0 bridgehead atoms. The average molecular weight is 532 g/mol. The van der Waals surface area contributed by atoms with Gasteiger partial charge in [-0.3, -0.25) is 9.19 Å². The van der Waals surface area contributed by atoms with E-state index < -0.39 is 25.1 Å². The first-order valence-corrected chi connectivity index (χ1v) is 13.5. The Labute approximate surface area is 207 Å². The molecule has 2 aromatic carbocycles. The standard InChI is InChI=1S/C21H27ClN3O2S.CH4O4S/c1-21(2,25(3,4)5)28(26,27)19-12-10-18(11-13-19)24-15-14-20(23-24)16-6-8-17(22)9-7-16;1-5-6(2,3)4/h6-13H,14-15H2,1-5H3;1H3,(H,2,3,4)/q+1;/p-1. The molecule has 12 heteroatoms. The van der Waals surface area contributed by atoms with Gasteiger partial charge in [-0.2, -0.15) is 5.10 Å². The molecule has 0 saturated heterocycles. The summed E-state index contributed by atoms with van der Waals surface area (Å²) >= 11 is 5.95. The Bertz CT molecular complexity index is 1240. The molecule has 34 heavy (non-hydrogen) atoms. The zero-order valence-corrected chi connectivity index (χ0v) is 22.4. The number of nitrogens with zero attached hydrogens (tertiary/aromatic N) is 3. The summed E-state index contributed by atoms with van der Waals surface area (Å²) in [5.41, 5.74) is 2.93. The predicted molar refractivity (Wildman–Crippen MR) is 132 cm³/mol. The molecule has 0 atom stereocenters. The Morgan fingerprint density at radius 2 is 1.50 bits per heavy atom. The maximum absolute atomic E-state index is 13.1. The van der Waals surface area contributed by atoms with Gasteiger partial charge in [-0.25, -0.2) is 16.8 Å². The van der Waals surface area contributed by atoms with Crippen LogP contribution in [0, 0.1) is 0 Å². The van der Waals surface area contributed by atoms with Crippen LogP contribution < -0.4 is 5.01 Å². The Morgan fingerprint density at radius 1 is 1.00 bits per heavy atom. The Balaban J connectivity index is 0.000000604. The number of halogens is 1. The lowest BCUT2D eigenvalue weighted by Gasteiger charge is -2.40. The van der Waals surface area contributed by atoms with Crippen LogP contribution in [0.5, 0.6) is 0 Å². The topological polar surface area (TPSA) is 116 Å². The van der Waals surface area contributed by atoms with Gasteiger partial charge in [-0.15, -0.1) is 0 Å². The highest BCUT2D eigenvalue weighted by Crippen LogP contribution is 2.32. The molecule has 0 aromatic heterocycles. The fourth-order valence-electron chi connectivity index (χ4n) is 2.94. The molecule has 2 aromatic rings. The third-order valence-electron chi connectivity index (χ3n) is 5.90. The smallest absolute Gasteiger partial charge is 0.233 e. The fraction of sp³-hybridized carbons (Fsp3) is 0.409. The molecular formula is C22H30ClN3O6S2. The van der Waals surface area contributed by atoms with Gasteiger partial charge in [0.25, 0.3) is 0 Å².